The molecule has 4 rings (SSSR count). The molecule has 1 saturated heterocycles. The molecule has 0 spiro atoms. The number of nitrogens with zero attached hydrogens (tertiary/aromatic N) is 4. The van der Waals surface area contributed by atoms with Crippen molar-refractivity contribution in [3.05, 3.63) is 41.5 Å². The predicted octanol–water partition coefficient (Wildman–Crippen LogP) is 3.51. The predicted molar refractivity (Wildman–Crippen MR) is 102 cm³/mol. The van der Waals surface area contributed by atoms with Crippen LogP contribution in [0.25, 0.3) is 0 Å². The quantitative estimate of drug-likeness (QED) is 0.746. The molecule has 0 N–H and O–H groups in total. The Hall–Kier alpha value is -1.54. The number of halogens is 1. The highest BCUT2D eigenvalue weighted by molar-refractivity contribution is 8.00. The summed E-state index contributed by atoms with van der Waals surface area (Å²) in [4.78, 5) is 14.6. The van der Waals surface area contributed by atoms with Gasteiger partial charge in [-0.2, -0.15) is 0 Å². The van der Waals surface area contributed by atoms with Gasteiger partial charge in [0, 0.05) is 30.8 Å². The minimum atomic E-state index is -0.250. The zero-order valence-electron chi connectivity index (χ0n) is 14.4. The van der Waals surface area contributed by atoms with Crippen LogP contribution in [0.2, 0.25) is 0 Å². The number of aromatic nitrogens is 3. The maximum absolute atomic E-state index is 14.1. The third-order valence-electron chi connectivity index (χ3n) is 4.78. The molecule has 3 heterocycles. The van der Waals surface area contributed by atoms with E-state index in [2.05, 4.69) is 14.8 Å². The number of amides is 1. The van der Waals surface area contributed by atoms with Crippen LogP contribution in [-0.4, -0.2) is 43.6 Å². The molecule has 5 nitrogen and oxygen atoms in total. The van der Waals surface area contributed by atoms with Crippen LogP contribution < -0.4 is 0 Å². The molecule has 1 aromatic carbocycles. The monoisotopic (exact) mass is 392 g/mol. The molecule has 0 radical (unpaired) electrons. The van der Waals surface area contributed by atoms with Crippen LogP contribution in [0.1, 0.15) is 36.0 Å². The fraction of sp³-hybridized carbons (Fsp3) is 0.500. The smallest absolute Gasteiger partial charge is 0.234 e. The molecule has 0 bridgehead atoms. The molecule has 1 aromatic heterocycles. The van der Waals surface area contributed by atoms with Gasteiger partial charge in [-0.3, -0.25) is 4.79 Å². The summed E-state index contributed by atoms with van der Waals surface area (Å²) in [5, 5.41) is 9.14. The van der Waals surface area contributed by atoms with Crippen LogP contribution in [0.15, 0.2) is 29.4 Å². The van der Waals surface area contributed by atoms with E-state index in [1.165, 1.54) is 24.2 Å². The molecule has 2 aliphatic heterocycles. The SMILES string of the molecule is O=C(CSc1nnc2n1CCCCC2)N1CCS[C@@H]1c1ccccc1F. The summed E-state index contributed by atoms with van der Waals surface area (Å²) in [6.45, 7) is 1.58. The van der Waals surface area contributed by atoms with E-state index in [0.29, 0.717) is 17.9 Å². The van der Waals surface area contributed by atoms with Crippen molar-refractivity contribution < 1.29 is 9.18 Å². The van der Waals surface area contributed by atoms with Crippen LogP contribution >= 0.6 is 23.5 Å². The van der Waals surface area contributed by atoms with E-state index < -0.39 is 0 Å². The Labute approximate surface area is 160 Å². The van der Waals surface area contributed by atoms with Crippen molar-refractivity contribution in [3.63, 3.8) is 0 Å². The number of benzene rings is 1. The van der Waals surface area contributed by atoms with Gasteiger partial charge in [0.25, 0.3) is 0 Å². The number of aryl methyl sites for hydroxylation is 1. The van der Waals surface area contributed by atoms with E-state index in [1.54, 1.807) is 28.8 Å². The number of carbonyl (C=O) groups excluding carboxylic acids is 1. The Kier molecular flexibility index (Phi) is 5.49. The first-order chi connectivity index (χ1) is 12.7. The standard InChI is InChI=1S/C18H21FN4OS2/c19-14-7-4-3-6-13(14)17-23(10-11-25-17)16(24)12-26-18-21-20-15-8-2-1-5-9-22(15)18/h3-4,6-7,17H,1-2,5,8-12H2/t17-/m1/s1. The highest BCUT2D eigenvalue weighted by Crippen LogP contribution is 2.39. The first-order valence-electron chi connectivity index (χ1n) is 8.94. The van der Waals surface area contributed by atoms with E-state index in [1.807, 2.05) is 6.07 Å². The van der Waals surface area contributed by atoms with Gasteiger partial charge in [-0.25, -0.2) is 4.39 Å². The minimum absolute atomic E-state index is 0.0271. The Morgan fingerprint density at radius 1 is 1.23 bits per heavy atom. The third-order valence-corrected chi connectivity index (χ3v) is 6.98. The Bertz CT molecular complexity index is 797. The van der Waals surface area contributed by atoms with Crippen molar-refractivity contribution in [1.82, 2.24) is 19.7 Å². The summed E-state index contributed by atoms with van der Waals surface area (Å²) in [7, 11) is 0. The van der Waals surface area contributed by atoms with Crippen molar-refractivity contribution in [2.75, 3.05) is 18.1 Å². The van der Waals surface area contributed by atoms with E-state index in [-0.39, 0.29) is 17.1 Å². The normalized spacial score (nSPS) is 20.0. The Morgan fingerprint density at radius 2 is 2.12 bits per heavy atom. The summed E-state index contributed by atoms with van der Waals surface area (Å²) in [5.74, 6) is 1.94. The van der Waals surface area contributed by atoms with Crippen LogP contribution in [0.3, 0.4) is 0 Å². The molecule has 1 amide bonds. The summed E-state index contributed by atoms with van der Waals surface area (Å²) >= 11 is 3.06. The van der Waals surface area contributed by atoms with Crippen molar-refractivity contribution in [2.45, 2.75) is 42.8 Å². The molecule has 1 atom stereocenters. The number of hydrogen-bond donors (Lipinski definition) is 0. The zero-order chi connectivity index (χ0) is 17.9. The molecule has 2 aromatic rings. The lowest BCUT2D eigenvalue weighted by molar-refractivity contribution is -0.128. The summed E-state index contributed by atoms with van der Waals surface area (Å²) < 4.78 is 16.3. The Balaban J connectivity index is 1.43. The van der Waals surface area contributed by atoms with Crippen LogP contribution in [0.5, 0.6) is 0 Å². The maximum Gasteiger partial charge on any atom is 0.234 e. The van der Waals surface area contributed by atoms with Gasteiger partial charge in [-0.1, -0.05) is 36.4 Å². The topological polar surface area (TPSA) is 51.0 Å². The summed E-state index contributed by atoms with van der Waals surface area (Å²) in [6.07, 6.45) is 4.45. The van der Waals surface area contributed by atoms with Crippen LogP contribution in [0, 0.1) is 5.82 Å². The lowest BCUT2D eigenvalue weighted by atomic mass is 10.2. The average molecular weight is 393 g/mol. The van der Waals surface area contributed by atoms with E-state index in [4.69, 9.17) is 0 Å². The first-order valence-corrected chi connectivity index (χ1v) is 11.0. The van der Waals surface area contributed by atoms with Gasteiger partial charge in [-0.15, -0.1) is 22.0 Å². The number of carbonyl (C=O) groups is 1. The molecule has 2 aliphatic rings. The largest absolute Gasteiger partial charge is 0.325 e. The molecular formula is C18H21FN4OS2. The number of hydrogen-bond acceptors (Lipinski definition) is 5. The van der Waals surface area contributed by atoms with E-state index in [9.17, 15) is 9.18 Å². The van der Waals surface area contributed by atoms with Crippen molar-refractivity contribution in [1.29, 1.82) is 0 Å². The molecule has 1 fully saturated rings. The van der Waals surface area contributed by atoms with Gasteiger partial charge < -0.3 is 9.47 Å². The second kappa shape index (κ2) is 8.00. The second-order valence-corrected chi connectivity index (χ2v) is 8.61. The number of thioether (sulfide) groups is 2. The fourth-order valence-corrected chi connectivity index (χ4v) is 5.60. The maximum atomic E-state index is 14.1. The Morgan fingerprint density at radius 3 is 3.00 bits per heavy atom. The van der Waals surface area contributed by atoms with E-state index >= 15 is 0 Å². The van der Waals surface area contributed by atoms with Gasteiger partial charge in [0.05, 0.1) is 5.75 Å². The van der Waals surface area contributed by atoms with E-state index in [0.717, 1.165) is 42.5 Å². The molecule has 138 valence electrons. The molecule has 26 heavy (non-hydrogen) atoms. The second-order valence-electron chi connectivity index (χ2n) is 6.48. The van der Waals surface area contributed by atoms with Gasteiger partial charge in [0.1, 0.15) is 17.0 Å². The van der Waals surface area contributed by atoms with Gasteiger partial charge >= 0.3 is 0 Å². The van der Waals surface area contributed by atoms with Gasteiger partial charge in [-0.05, 0) is 18.9 Å². The lowest BCUT2D eigenvalue weighted by Crippen LogP contribution is -2.32. The van der Waals surface area contributed by atoms with Crippen LogP contribution in [-0.2, 0) is 17.8 Å². The van der Waals surface area contributed by atoms with Gasteiger partial charge in [0.2, 0.25) is 5.91 Å². The highest BCUT2D eigenvalue weighted by atomic mass is 32.2. The number of rotatable bonds is 4. The fourth-order valence-electron chi connectivity index (χ4n) is 3.43. The zero-order valence-corrected chi connectivity index (χ0v) is 16.1. The third kappa shape index (κ3) is 3.62. The van der Waals surface area contributed by atoms with Crippen molar-refractivity contribution in [2.24, 2.45) is 0 Å². The minimum Gasteiger partial charge on any atom is -0.325 e. The van der Waals surface area contributed by atoms with Gasteiger partial charge in [0.15, 0.2) is 5.16 Å². The molecular weight excluding hydrogens is 371 g/mol. The molecule has 0 unspecified atom stereocenters. The van der Waals surface area contributed by atoms with Crippen LogP contribution in [0.4, 0.5) is 4.39 Å². The highest BCUT2D eigenvalue weighted by Gasteiger charge is 2.32. The summed E-state index contributed by atoms with van der Waals surface area (Å²) in [5.41, 5.74) is 0.588. The molecule has 8 heteroatoms. The first kappa shape index (κ1) is 17.9. The number of fused-ring (bicyclic) bond motifs is 1. The molecule has 0 aliphatic carbocycles. The summed E-state index contributed by atoms with van der Waals surface area (Å²) in [6, 6.07) is 6.72. The molecule has 0 saturated carbocycles. The van der Waals surface area contributed by atoms with Crippen molar-refractivity contribution in [3.8, 4) is 0 Å². The van der Waals surface area contributed by atoms with Crippen molar-refractivity contribution >= 4 is 29.4 Å². The lowest BCUT2D eigenvalue weighted by Gasteiger charge is -2.24. The average Bonchev–Trinajstić information content (AvgIpc) is 3.21.